The second-order valence-corrected chi connectivity index (χ2v) is 6.44. The van der Waals surface area contributed by atoms with Gasteiger partial charge < -0.3 is 4.55 Å². The first-order valence-corrected chi connectivity index (χ1v) is 7.86. The molecular weight excluding hydrogens is 307 g/mol. The molecule has 0 spiro atoms. The average Bonchev–Trinajstić information content (AvgIpc) is 2.42. The van der Waals surface area contributed by atoms with E-state index in [2.05, 4.69) is 6.58 Å². The van der Waals surface area contributed by atoms with Crippen molar-refractivity contribution in [2.75, 3.05) is 0 Å². The summed E-state index contributed by atoms with van der Waals surface area (Å²) in [6.07, 6.45) is 0. The van der Waals surface area contributed by atoms with Gasteiger partial charge in [0.15, 0.2) is 0 Å². The van der Waals surface area contributed by atoms with E-state index in [9.17, 15) is 13.0 Å². The standard InChI is InChI=1S/C17H14O3S.Na/c1-11(2)17-15-10-13-6-4-3-5-12(13)9-14(15)7-8-16(17)21(18,19)20;/h3-10H,1H2,2H3,(H,18,19,20);/q;+1/p-1. The van der Waals surface area contributed by atoms with Crippen LogP contribution in [-0.2, 0) is 10.1 Å². The number of rotatable bonds is 2. The van der Waals surface area contributed by atoms with Crippen molar-refractivity contribution in [1.82, 2.24) is 0 Å². The monoisotopic (exact) mass is 320 g/mol. The van der Waals surface area contributed by atoms with Crippen molar-refractivity contribution < 1.29 is 42.5 Å². The molecule has 106 valence electrons. The average molecular weight is 320 g/mol. The van der Waals surface area contributed by atoms with E-state index in [1.54, 1.807) is 13.0 Å². The molecule has 0 saturated carbocycles. The van der Waals surface area contributed by atoms with Crippen molar-refractivity contribution in [3.63, 3.8) is 0 Å². The Morgan fingerprint density at radius 3 is 2.14 bits per heavy atom. The first-order chi connectivity index (χ1) is 9.88. The van der Waals surface area contributed by atoms with Crippen molar-refractivity contribution in [1.29, 1.82) is 0 Å². The quantitative estimate of drug-likeness (QED) is 0.401. The van der Waals surface area contributed by atoms with Gasteiger partial charge in [-0.1, -0.05) is 36.9 Å². The fourth-order valence-corrected chi connectivity index (χ4v) is 3.41. The molecule has 0 bridgehead atoms. The van der Waals surface area contributed by atoms with Crippen LogP contribution in [-0.4, -0.2) is 13.0 Å². The third kappa shape index (κ3) is 2.98. The summed E-state index contributed by atoms with van der Waals surface area (Å²) in [4.78, 5) is -0.210. The summed E-state index contributed by atoms with van der Waals surface area (Å²) in [6, 6.07) is 14.7. The van der Waals surface area contributed by atoms with Gasteiger partial charge >= 0.3 is 29.6 Å². The summed E-state index contributed by atoms with van der Waals surface area (Å²) in [7, 11) is -4.53. The molecule has 3 nitrogen and oxygen atoms in total. The van der Waals surface area contributed by atoms with E-state index < -0.39 is 10.1 Å². The van der Waals surface area contributed by atoms with Crippen LogP contribution in [0.4, 0.5) is 0 Å². The summed E-state index contributed by atoms with van der Waals surface area (Å²) in [5, 5.41) is 3.68. The van der Waals surface area contributed by atoms with Crippen molar-refractivity contribution >= 4 is 37.2 Å². The molecule has 3 rings (SSSR count). The van der Waals surface area contributed by atoms with E-state index in [0.717, 1.165) is 21.5 Å². The minimum absolute atomic E-state index is 0. The SMILES string of the molecule is C=C(C)c1c(S(=O)(=O)[O-])ccc2cc3ccccc3cc12.[Na+]. The topological polar surface area (TPSA) is 57.2 Å². The van der Waals surface area contributed by atoms with Crippen molar-refractivity contribution in [3.05, 3.63) is 60.7 Å². The van der Waals surface area contributed by atoms with Gasteiger partial charge in [0.2, 0.25) is 0 Å². The second-order valence-electron chi connectivity index (χ2n) is 5.09. The fraction of sp³-hybridized carbons (Fsp3) is 0.0588. The Bertz CT molecular complexity index is 991. The van der Waals surface area contributed by atoms with Gasteiger partial charge in [-0.05, 0) is 52.2 Å². The molecule has 3 aromatic rings. The molecular formula is C17H13NaO3S. The number of benzene rings is 3. The van der Waals surface area contributed by atoms with Crippen LogP contribution in [0.5, 0.6) is 0 Å². The van der Waals surface area contributed by atoms with Crippen LogP contribution in [0, 0.1) is 0 Å². The van der Waals surface area contributed by atoms with Gasteiger partial charge in [0, 0.05) is 5.56 Å². The minimum atomic E-state index is -4.53. The second kappa shape index (κ2) is 6.14. The van der Waals surface area contributed by atoms with Crippen molar-refractivity contribution in [2.24, 2.45) is 0 Å². The first-order valence-electron chi connectivity index (χ1n) is 6.45. The van der Waals surface area contributed by atoms with Crippen LogP contribution >= 0.6 is 0 Å². The van der Waals surface area contributed by atoms with Gasteiger partial charge in [-0.15, -0.1) is 0 Å². The summed E-state index contributed by atoms with van der Waals surface area (Å²) in [5.41, 5.74) is 0.971. The number of fused-ring (bicyclic) bond motifs is 2. The maximum Gasteiger partial charge on any atom is 1.00 e. The predicted molar refractivity (Wildman–Crippen MR) is 84.1 cm³/mol. The third-order valence-electron chi connectivity index (χ3n) is 3.54. The summed E-state index contributed by atoms with van der Waals surface area (Å²) in [6.45, 7) is 5.53. The molecule has 0 saturated heterocycles. The zero-order valence-corrected chi connectivity index (χ0v) is 15.3. The predicted octanol–water partition coefficient (Wildman–Crippen LogP) is 0.934. The Morgan fingerprint density at radius 2 is 1.59 bits per heavy atom. The Morgan fingerprint density at radius 1 is 1.00 bits per heavy atom. The molecule has 0 fully saturated rings. The van der Waals surface area contributed by atoms with Crippen LogP contribution < -0.4 is 29.6 Å². The van der Waals surface area contributed by atoms with Crippen LogP contribution in [0.1, 0.15) is 12.5 Å². The van der Waals surface area contributed by atoms with Gasteiger partial charge in [-0.2, -0.15) is 0 Å². The molecule has 0 atom stereocenters. The zero-order chi connectivity index (χ0) is 15.2. The molecule has 0 aliphatic carbocycles. The summed E-state index contributed by atoms with van der Waals surface area (Å²) >= 11 is 0. The smallest absolute Gasteiger partial charge is 0.744 e. The number of hydrogen-bond acceptors (Lipinski definition) is 3. The first kappa shape index (κ1) is 17.2. The summed E-state index contributed by atoms with van der Waals surface area (Å²) in [5.74, 6) is 0. The molecule has 0 aromatic heterocycles. The molecule has 0 aliphatic heterocycles. The molecule has 3 aromatic carbocycles. The van der Waals surface area contributed by atoms with Gasteiger partial charge in [-0.25, -0.2) is 8.42 Å². The Balaban J connectivity index is 0.00000176. The molecule has 0 N–H and O–H groups in total. The normalized spacial score (nSPS) is 11.4. The Hall–Kier alpha value is -1.17. The fourth-order valence-electron chi connectivity index (χ4n) is 2.64. The number of hydrogen-bond donors (Lipinski definition) is 0. The molecule has 0 aliphatic rings. The van der Waals surface area contributed by atoms with Crippen molar-refractivity contribution in [3.8, 4) is 0 Å². The maximum atomic E-state index is 11.5. The van der Waals surface area contributed by atoms with Crippen LogP contribution in [0.3, 0.4) is 0 Å². The molecule has 0 heterocycles. The van der Waals surface area contributed by atoms with E-state index in [1.165, 1.54) is 6.07 Å². The van der Waals surface area contributed by atoms with E-state index in [-0.39, 0.29) is 34.5 Å². The van der Waals surface area contributed by atoms with Gasteiger partial charge in [0.05, 0.1) is 4.90 Å². The van der Waals surface area contributed by atoms with Crippen LogP contribution in [0.2, 0.25) is 0 Å². The van der Waals surface area contributed by atoms with Gasteiger partial charge in [0.1, 0.15) is 10.1 Å². The molecule has 0 unspecified atom stereocenters. The van der Waals surface area contributed by atoms with Crippen molar-refractivity contribution in [2.45, 2.75) is 11.8 Å². The molecule has 0 radical (unpaired) electrons. The maximum absolute atomic E-state index is 11.5. The largest absolute Gasteiger partial charge is 1.00 e. The molecule has 22 heavy (non-hydrogen) atoms. The Kier molecular flexibility index (Phi) is 4.80. The molecule has 5 heteroatoms. The van der Waals surface area contributed by atoms with Gasteiger partial charge in [0.25, 0.3) is 0 Å². The minimum Gasteiger partial charge on any atom is -0.744 e. The third-order valence-corrected chi connectivity index (χ3v) is 4.42. The summed E-state index contributed by atoms with van der Waals surface area (Å²) < 4.78 is 34.4. The number of allylic oxidation sites excluding steroid dienone is 1. The van der Waals surface area contributed by atoms with Gasteiger partial charge in [-0.3, -0.25) is 0 Å². The van der Waals surface area contributed by atoms with E-state index in [4.69, 9.17) is 0 Å². The molecule has 0 amide bonds. The van der Waals surface area contributed by atoms with E-state index >= 15 is 0 Å². The van der Waals surface area contributed by atoms with E-state index in [1.807, 2.05) is 36.4 Å². The van der Waals surface area contributed by atoms with Crippen LogP contribution in [0.25, 0.3) is 27.1 Å². The van der Waals surface area contributed by atoms with Crippen LogP contribution in [0.15, 0.2) is 60.0 Å². The Labute approximate surface area is 151 Å². The zero-order valence-electron chi connectivity index (χ0n) is 12.5. The van der Waals surface area contributed by atoms with E-state index in [0.29, 0.717) is 11.1 Å².